The Labute approximate surface area is 127 Å². The summed E-state index contributed by atoms with van der Waals surface area (Å²) < 4.78 is 39.2. The fourth-order valence-corrected chi connectivity index (χ4v) is 4.08. The van der Waals surface area contributed by atoms with Crippen LogP contribution in [0.1, 0.15) is 31.4 Å². The van der Waals surface area contributed by atoms with Crippen molar-refractivity contribution in [2.75, 3.05) is 5.32 Å². The van der Waals surface area contributed by atoms with Crippen LogP contribution in [0.4, 0.5) is 18.9 Å². The van der Waals surface area contributed by atoms with Gasteiger partial charge in [0.05, 0.1) is 11.6 Å². The van der Waals surface area contributed by atoms with Gasteiger partial charge in [-0.2, -0.15) is 13.2 Å². The first-order chi connectivity index (χ1) is 10.3. The van der Waals surface area contributed by atoms with Gasteiger partial charge in [-0.05, 0) is 41.5 Å². The Bertz CT molecular complexity index is 697. The van der Waals surface area contributed by atoms with E-state index in [-0.39, 0.29) is 11.5 Å². The number of nitrogens with one attached hydrogen (secondary N) is 1. The molecule has 1 aromatic rings. The highest BCUT2D eigenvalue weighted by Gasteiger charge is 2.44. The molecule has 0 radical (unpaired) electrons. The van der Waals surface area contributed by atoms with Gasteiger partial charge < -0.3 is 5.32 Å². The predicted molar refractivity (Wildman–Crippen MR) is 81.3 cm³/mol. The maximum absolute atomic E-state index is 13.1. The molecular formula is C18H18F3N. The lowest BCUT2D eigenvalue weighted by atomic mass is 9.70. The van der Waals surface area contributed by atoms with Gasteiger partial charge in [0.15, 0.2) is 0 Å². The normalized spacial score (nSPS) is 31.1. The van der Waals surface area contributed by atoms with Crippen molar-refractivity contribution in [3.8, 4) is 0 Å². The first kappa shape index (κ1) is 13.9. The molecule has 0 spiro atoms. The summed E-state index contributed by atoms with van der Waals surface area (Å²) in [4.78, 5) is 0. The summed E-state index contributed by atoms with van der Waals surface area (Å²) in [5, 5.41) is 3.42. The fraction of sp³-hybridized carbons (Fsp3) is 0.444. The molecule has 2 aliphatic carbocycles. The molecule has 1 heterocycles. The van der Waals surface area contributed by atoms with Crippen molar-refractivity contribution in [2.24, 2.45) is 17.3 Å². The van der Waals surface area contributed by atoms with E-state index in [1.54, 1.807) is 6.07 Å². The Morgan fingerprint density at radius 1 is 1.18 bits per heavy atom. The number of halogens is 3. The van der Waals surface area contributed by atoms with Crippen LogP contribution in [0.3, 0.4) is 0 Å². The summed E-state index contributed by atoms with van der Waals surface area (Å²) in [7, 11) is 0. The molecule has 116 valence electrons. The Morgan fingerprint density at radius 3 is 2.68 bits per heavy atom. The molecule has 0 fully saturated rings. The van der Waals surface area contributed by atoms with E-state index in [9.17, 15) is 13.2 Å². The maximum atomic E-state index is 13.1. The van der Waals surface area contributed by atoms with E-state index in [2.05, 4.69) is 37.4 Å². The Balaban J connectivity index is 1.89. The second-order valence-corrected chi connectivity index (χ2v) is 7.12. The van der Waals surface area contributed by atoms with Gasteiger partial charge in [0.25, 0.3) is 0 Å². The van der Waals surface area contributed by atoms with Gasteiger partial charge in [0, 0.05) is 17.2 Å². The number of alkyl halides is 3. The molecule has 1 nitrogen and oxygen atoms in total. The van der Waals surface area contributed by atoms with Gasteiger partial charge in [-0.15, -0.1) is 0 Å². The number of anilines is 1. The lowest BCUT2D eigenvalue weighted by molar-refractivity contribution is -0.137. The number of benzene rings is 1. The van der Waals surface area contributed by atoms with Gasteiger partial charge in [0.1, 0.15) is 0 Å². The maximum Gasteiger partial charge on any atom is 0.416 e. The third-order valence-electron chi connectivity index (χ3n) is 5.50. The zero-order valence-corrected chi connectivity index (χ0v) is 12.5. The van der Waals surface area contributed by atoms with Crippen LogP contribution in [0.5, 0.6) is 0 Å². The monoisotopic (exact) mass is 305 g/mol. The van der Waals surface area contributed by atoms with Crippen LogP contribution in [0.2, 0.25) is 0 Å². The van der Waals surface area contributed by atoms with Crippen LogP contribution < -0.4 is 5.32 Å². The van der Waals surface area contributed by atoms with E-state index in [1.165, 1.54) is 12.1 Å². The molecule has 0 saturated heterocycles. The highest BCUT2D eigenvalue weighted by atomic mass is 19.4. The van der Waals surface area contributed by atoms with E-state index in [4.69, 9.17) is 0 Å². The van der Waals surface area contributed by atoms with Crippen molar-refractivity contribution in [1.29, 1.82) is 0 Å². The average molecular weight is 305 g/mol. The van der Waals surface area contributed by atoms with Gasteiger partial charge in [-0.1, -0.05) is 32.1 Å². The summed E-state index contributed by atoms with van der Waals surface area (Å²) in [6.45, 7) is 4.29. The molecular weight excluding hydrogens is 287 g/mol. The summed E-state index contributed by atoms with van der Waals surface area (Å²) in [6.07, 6.45) is 3.40. The third-order valence-corrected chi connectivity index (χ3v) is 5.50. The van der Waals surface area contributed by atoms with Gasteiger partial charge in [-0.3, -0.25) is 0 Å². The quantitative estimate of drug-likeness (QED) is 0.656. The average Bonchev–Trinajstić information content (AvgIpc) is 2.92. The lowest BCUT2D eigenvalue weighted by Crippen LogP contribution is -2.29. The van der Waals surface area contributed by atoms with Crippen LogP contribution in [-0.2, 0) is 6.18 Å². The smallest absolute Gasteiger partial charge is 0.378 e. The minimum Gasteiger partial charge on any atom is -0.378 e. The summed E-state index contributed by atoms with van der Waals surface area (Å²) in [5.41, 5.74) is 1.85. The van der Waals surface area contributed by atoms with Crippen molar-refractivity contribution in [2.45, 2.75) is 32.5 Å². The molecule has 4 rings (SSSR count). The second-order valence-electron chi connectivity index (χ2n) is 7.12. The molecule has 3 atom stereocenters. The number of rotatable bonds is 0. The van der Waals surface area contributed by atoms with Gasteiger partial charge >= 0.3 is 6.18 Å². The molecule has 0 aromatic heterocycles. The fourth-order valence-electron chi connectivity index (χ4n) is 4.08. The first-order valence-electron chi connectivity index (χ1n) is 7.65. The van der Waals surface area contributed by atoms with Crippen molar-refractivity contribution >= 4 is 11.3 Å². The molecule has 3 aliphatic rings. The first-order valence-corrected chi connectivity index (χ1v) is 7.65. The molecule has 0 amide bonds. The van der Waals surface area contributed by atoms with Crippen LogP contribution in [0.25, 0.3) is 5.57 Å². The van der Waals surface area contributed by atoms with Crippen LogP contribution in [0.15, 0.2) is 36.4 Å². The van der Waals surface area contributed by atoms with E-state index >= 15 is 0 Å². The van der Waals surface area contributed by atoms with Crippen LogP contribution in [0, 0.1) is 17.3 Å². The Morgan fingerprint density at radius 2 is 1.95 bits per heavy atom. The zero-order valence-electron chi connectivity index (χ0n) is 12.5. The van der Waals surface area contributed by atoms with Crippen molar-refractivity contribution in [1.82, 2.24) is 0 Å². The van der Waals surface area contributed by atoms with Crippen molar-refractivity contribution in [3.63, 3.8) is 0 Å². The van der Waals surface area contributed by atoms with Crippen LogP contribution >= 0.6 is 0 Å². The molecule has 0 saturated carbocycles. The number of hydrogen-bond acceptors (Lipinski definition) is 1. The standard InChI is InChI=1S/C18H18F3N/c1-17(2)11-4-3-10(7-11)16-9-14(17)13-8-12(18(19,20)21)5-6-15(13)22-16/h3-6,8-11,16,22H,7H2,1-2H3. The SMILES string of the molecule is CC1(C)C2=CC(Nc3ccc(C(F)(F)F)cc32)C2C=CC1C2. The number of allylic oxidation sites excluding steroid dienone is 2. The minimum absolute atomic E-state index is 0.152. The third kappa shape index (κ3) is 1.86. The number of fused-ring (bicyclic) bond motifs is 6. The highest BCUT2D eigenvalue weighted by molar-refractivity contribution is 5.84. The largest absolute Gasteiger partial charge is 0.416 e. The topological polar surface area (TPSA) is 12.0 Å². The highest BCUT2D eigenvalue weighted by Crippen LogP contribution is 2.54. The molecule has 1 aromatic carbocycles. The van der Waals surface area contributed by atoms with Crippen molar-refractivity contribution < 1.29 is 13.2 Å². The molecule has 1 N–H and O–H groups in total. The predicted octanol–water partition coefficient (Wildman–Crippen LogP) is 5.12. The molecule has 1 aliphatic heterocycles. The van der Waals surface area contributed by atoms with Gasteiger partial charge in [-0.25, -0.2) is 0 Å². The molecule has 22 heavy (non-hydrogen) atoms. The molecule has 4 heteroatoms. The van der Waals surface area contributed by atoms with Crippen molar-refractivity contribution in [3.05, 3.63) is 47.6 Å². The summed E-state index contributed by atoms with van der Waals surface area (Å²) in [6, 6.07) is 4.23. The van der Waals surface area contributed by atoms with E-state index in [1.807, 2.05) is 0 Å². The summed E-state index contributed by atoms with van der Waals surface area (Å²) in [5.74, 6) is 0.813. The van der Waals surface area contributed by atoms with Crippen LogP contribution in [-0.4, -0.2) is 6.04 Å². The minimum atomic E-state index is -4.31. The molecule has 3 unspecified atom stereocenters. The molecule has 4 bridgehead atoms. The Hall–Kier alpha value is -1.71. The van der Waals surface area contributed by atoms with E-state index in [0.717, 1.165) is 17.7 Å². The summed E-state index contributed by atoms with van der Waals surface area (Å²) >= 11 is 0. The van der Waals surface area contributed by atoms with E-state index < -0.39 is 11.7 Å². The second kappa shape index (κ2) is 4.18. The van der Waals surface area contributed by atoms with E-state index in [0.29, 0.717) is 17.4 Å². The Kier molecular flexibility index (Phi) is 2.64. The van der Waals surface area contributed by atoms with Gasteiger partial charge in [0.2, 0.25) is 0 Å². The zero-order chi connectivity index (χ0) is 15.7. The number of hydrogen-bond donors (Lipinski definition) is 1. The lowest BCUT2D eigenvalue weighted by Gasteiger charge is -2.36.